The summed E-state index contributed by atoms with van der Waals surface area (Å²) in [6, 6.07) is 6.07. The molecule has 1 aromatic carbocycles. The van der Waals surface area contributed by atoms with Gasteiger partial charge in [-0.15, -0.1) is 24.8 Å². The highest BCUT2D eigenvalue weighted by Gasteiger charge is 2.31. The number of piperidine rings is 1. The van der Waals surface area contributed by atoms with Crippen LogP contribution < -0.4 is 4.74 Å². The maximum Gasteiger partial charge on any atom is 0.573 e. The summed E-state index contributed by atoms with van der Waals surface area (Å²) in [6.45, 7) is 4.72. The first-order valence-corrected chi connectivity index (χ1v) is 7.48. The highest BCUT2D eigenvalue weighted by atomic mass is 35.5. The van der Waals surface area contributed by atoms with Crippen LogP contribution in [0.3, 0.4) is 0 Å². The molecule has 1 aromatic rings. The van der Waals surface area contributed by atoms with E-state index in [0.717, 1.165) is 38.0 Å². The van der Waals surface area contributed by atoms with Gasteiger partial charge in [0.15, 0.2) is 0 Å². The van der Waals surface area contributed by atoms with E-state index in [2.05, 4.69) is 9.64 Å². The molecule has 0 bridgehead atoms. The van der Waals surface area contributed by atoms with Gasteiger partial charge in [-0.3, -0.25) is 4.90 Å². The number of nitrogens with zero attached hydrogens (tertiary/aromatic N) is 1. The Bertz CT molecular complexity index is 439. The molecule has 0 amide bonds. The summed E-state index contributed by atoms with van der Waals surface area (Å²) in [4.78, 5) is 2.30. The van der Waals surface area contributed by atoms with Gasteiger partial charge < -0.3 is 4.74 Å². The summed E-state index contributed by atoms with van der Waals surface area (Å²) >= 11 is 6.11. The molecule has 1 heterocycles. The topological polar surface area (TPSA) is 12.5 Å². The van der Waals surface area contributed by atoms with Crippen LogP contribution in [0.2, 0.25) is 0 Å². The van der Waals surface area contributed by atoms with Crippen LogP contribution in [0.15, 0.2) is 24.3 Å². The van der Waals surface area contributed by atoms with Gasteiger partial charge in [-0.1, -0.05) is 12.1 Å². The van der Waals surface area contributed by atoms with Crippen molar-refractivity contribution in [1.29, 1.82) is 0 Å². The fourth-order valence-electron chi connectivity index (χ4n) is 2.63. The Balaban J connectivity index is 1.84. The summed E-state index contributed by atoms with van der Waals surface area (Å²) < 4.78 is 40.1. The molecule has 1 aliphatic rings. The Labute approximate surface area is 127 Å². The van der Waals surface area contributed by atoms with Crippen molar-refractivity contribution < 1.29 is 17.9 Å². The van der Waals surface area contributed by atoms with Crippen molar-refractivity contribution in [3.8, 4) is 5.75 Å². The van der Waals surface area contributed by atoms with Crippen molar-refractivity contribution >= 4 is 11.6 Å². The fourth-order valence-corrected chi connectivity index (χ4v) is 2.88. The van der Waals surface area contributed by atoms with Gasteiger partial charge in [0.25, 0.3) is 0 Å². The highest BCUT2D eigenvalue weighted by molar-refractivity contribution is 6.20. The molecule has 2 nitrogen and oxygen atoms in total. The predicted octanol–water partition coefficient (Wildman–Crippen LogP) is 4.42. The van der Waals surface area contributed by atoms with Crippen LogP contribution in [0.5, 0.6) is 5.75 Å². The molecule has 1 aliphatic heterocycles. The number of hydrogen-bond donors (Lipinski definition) is 0. The molecular weight excluding hydrogens is 303 g/mol. The third-order valence-electron chi connectivity index (χ3n) is 3.84. The van der Waals surface area contributed by atoms with Gasteiger partial charge in [0.2, 0.25) is 0 Å². The van der Waals surface area contributed by atoms with Gasteiger partial charge in [-0.05, 0) is 56.5 Å². The first-order chi connectivity index (χ1) is 9.83. The standard InChI is InChI=1S/C15H19ClF3NO/c1-11(16)13-6-8-20(9-7-13)10-12-2-4-14(5-3-12)21-15(17,18)19/h2-5,11,13H,6-10H2,1H3. The second kappa shape index (κ2) is 6.88. The van der Waals surface area contributed by atoms with E-state index in [0.29, 0.717) is 5.92 Å². The van der Waals surface area contributed by atoms with E-state index in [9.17, 15) is 13.2 Å². The average Bonchev–Trinajstić information content (AvgIpc) is 2.40. The SMILES string of the molecule is CC(Cl)C1CCN(Cc2ccc(OC(F)(F)F)cc2)CC1. The number of rotatable bonds is 4. The molecule has 1 fully saturated rings. The zero-order valence-electron chi connectivity index (χ0n) is 11.9. The highest BCUT2D eigenvalue weighted by Crippen LogP contribution is 2.26. The van der Waals surface area contributed by atoms with E-state index in [1.165, 1.54) is 12.1 Å². The molecule has 0 saturated carbocycles. The van der Waals surface area contributed by atoms with Crippen LogP contribution in [0.4, 0.5) is 13.2 Å². The fraction of sp³-hybridized carbons (Fsp3) is 0.600. The molecule has 118 valence electrons. The van der Waals surface area contributed by atoms with Crippen molar-refractivity contribution in [2.24, 2.45) is 5.92 Å². The van der Waals surface area contributed by atoms with Gasteiger partial charge in [0, 0.05) is 11.9 Å². The van der Waals surface area contributed by atoms with E-state index in [4.69, 9.17) is 11.6 Å². The van der Waals surface area contributed by atoms with Gasteiger partial charge in [-0.25, -0.2) is 0 Å². The Hall–Kier alpha value is -0.940. The summed E-state index contributed by atoms with van der Waals surface area (Å²) in [7, 11) is 0. The Morgan fingerprint density at radius 2 is 1.81 bits per heavy atom. The molecular formula is C15H19ClF3NO. The molecule has 6 heteroatoms. The number of ether oxygens (including phenoxy) is 1. The first kappa shape index (κ1) is 16.4. The number of likely N-dealkylation sites (tertiary alicyclic amines) is 1. The minimum Gasteiger partial charge on any atom is -0.406 e. The molecule has 21 heavy (non-hydrogen) atoms. The predicted molar refractivity (Wildman–Crippen MR) is 76.4 cm³/mol. The first-order valence-electron chi connectivity index (χ1n) is 7.04. The maximum absolute atomic E-state index is 12.1. The molecule has 0 spiro atoms. The molecule has 2 rings (SSSR count). The van der Waals surface area contributed by atoms with Crippen LogP contribution in [-0.4, -0.2) is 29.7 Å². The van der Waals surface area contributed by atoms with Crippen molar-refractivity contribution in [1.82, 2.24) is 4.90 Å². The van der Waals surface area contributed by atoms with Crippen molar-refractivity contribution in [3.05, 3.63) is 29.8 Å². The lowest BCUT2D eigenvalue weighted by atomic mass is 9.94. The molecule has 1 saturated heterocycles. The third-order valence-corrected chi connectivity index (χ3v) is 4.20. The van der Waals surface area contributed by atoms with Gasteiger partial charge in [0.1, 0.15) is 5.75 Å². The molecule has 1 atom stereocenters. The lowest BCUT2D eigenvalue weighted by Gasteiger charge is -2.33. The van der Waals surface area contributed by atoms with E-state index in [1.807, 2.05) is 6.92 Å². The largest absolute Gasteiger partial charge is 0.573 e. The van der Waals surface area contributed by atoms with Crippen LogP contribution >= 0.6 is 11.6 Å². The van der Waals surface area contributed by atoms with E-state index >= 15 is 0 Å². The third kappa shape index (κ3) is 5.40. The summed E-state index contributed by atoms with van der Waals surface area (Å²) in [6.07, 6.45) is -2.50. The molecule has 0 radical (unpaired) electrons. The number of benzene rings is 1. The van der Waals surface area contributed by atoms with Crippen molar-refractivity contribution in [2.75, 3.05) is 13.1 Å². The molecule has 0 aliphatic carbocycles. The zero-order chi connectivity index (χ0) is 15.5. The van der Waals surface area contributed by atoms with Crippen LogP contribution in [0.25, 0.3) is 0 Å². The minimum absolute atomic E-state index is 0.180. The summed E-state index contributed by atoms with van der Waals surface area (Å²) in [5, 5.41) is 0.200. The van der Waals surface area contributed by atoms with E-state index in [-0.39, 0.29) is 11.1 Å². The monoisotopic (exact) mass is 321 g/mol. The van der Waals surface area contributed by atoms with Crippen LogP contribution in [-0.2, 0) is 6.54 Å². The van der Waals surface area contributed by atoms with Gasteiger partial charge in [-0.2, -0.15) is 0 Å². The average molecular weight is 322 g/mol. The summed E-state index contributed by atoms with van der Waals surface area (Å²) in [5.41, 5.74) is 0.988. The lowest BCUT2D eigenvalue weighted by molar-refractivity contribution is -0.274. The van der Waals surface area contributed by atoms with Crippen molar-refractivity contribution in [2.45, 2.75) is 38.0 Å². The van der Waals surface area contributed by atoms with E-state index in [1.54, 1.807) is 12.1 Å². The Kier molecular flexibility index (Phi) is 5.38. The maximum atomic E-state index is 12.1. The van der Waals surface area contributed by atoms with Crippen molar-refractivity contribution in [3.63, 3.8) is 0 Å². The molecule has 1 unspecified atom stereocenters. The molecule has 0 aromatic heterocycles. The number of halogens is 4. The smallest absolute Gasteiger partial charge is 0.406 e. The minimum atomic E-state index is -4.64. The van der Waals surface area contributed by atoms with Gasteiger partial charge >= 0.3 is 6.36 Å². The van der Waals surface area contributed by atoms with Gasteiger partial charge in [0.05, 0.1) is 0 Å². The van der Waals surface area contributed by atoms with Crippen LogP contribution in [0, 0.1) is 5.92 Å². The lowest BCUT2D eigenvalue weighted by Crippen LogP contribution is -2.35. The Morgan fingerprint density at radius 3 is 2.29 bits per heavy atom. The quantitative estimate of drug-likeness (QED) is 0.761. The second-order valence-electron chi connectivity index (χ2n) is 5.48. The zero-order valence-corrected chi connectivity index (χ0v) is 12.6. The van der Waals surface area contributed by atoms with E-state index < -0.39 is 6.36 Å². The summed E-state index contributed by atoms with van der Waals surface area (Å²) in [5.74, 6) is 0.381. The number of hydrogen-bond acceptors (Lipinski definition) is 2. The Morgan fingerprint density at radius 1 is 1.24 bits per heavy atom. The second-order valence-corrected chi connectivity index (χ2v) is 6.17. The number of alkyl halides is 4. The molecule has 0 N–H and O–H groups in total. The normalized spacial score (nSPS) is 19.5. The van der Waals surface area contributed by atoms with Crippen LogP contribution in [0.1, 0.15) is 25.3 Å².